The standard InChI is InChI=1S/C5H12N2O2/c1-2-4(6)3-5(8)9-7/h4H,2-3,6-7H2,1H3. The first-order chi connectivity index (χ1) is 4.20. The number of hydrogen-bond acceptors (Lipinski definition) is 4. The Morgan fingerprint density at radius 3 is 2.67 bits per heavy atom. The van der Waals surface area contributed by atoms with Crippen molar-refractivity contribution in [1.82, 2.24) is 0 Å². The highest BCUT2D eigenvalue weighted by molar-refractivity contribution is 5.69. The van der Waals surface area contributed by atoms with Crippen molar-refractivity contribution in [2.45, 2.75) is 25.8 Å². The molecule has 0 bridgehead atoms. The summed E-state index contributed by atoms with van der Waals surface area (Å²) in [5, 5.41) is 0. The Bertz CT molecular complexity index is 95.0. The van der Waals surface area contributed by atoms with E-state index in [1.165, 1.54) is 0 Å². The fourth-order valence-electron chi connectivity index (χ4n) is 0.407. The Labute approximate surface area is 54.1 Å². The van der Waals surface area contributed by atoms with Crippen LogP contribution in [0.15, 0.2) is 0 Å². The molecule has 54 valence electrons. The lowest BCUT2D eigenvalue weighted by molar-refractivity contribution is -0.144. The van der Waals surface area contributed by atoms with Crippen LogP contribution in [0, 0.1) is 0 Å². The maximum Gasteiger partial charge on any atom is 0.325 e. The van der Waals surface area contributed by atoms with E-state index in [1.807, 2.05) is 6.92 Å². The van der Waals surface area contributed by atoms with Crippen LogP contribution in [-0.2, 0) is 9.63 Å². The average molecular weight is 132 g/mol. The smallest absolute Gasteiger partial charge is 0.325 e. The van der Waals surface area contributed by atoms with Gasteiger partial charge in [-0.25, -0.2) is 0 Å². The lowest BCUT2D eigenvalue weighted by atomic mass is 10.2. The third kappa shape index (κ3) is 3.93. The van der Waals surface area contributed by atoms with Crippen LogP contribution >= 0.6 is 0 Å². The van der Waals surface area contributed by atoms with Gasteiger partial charge < -0.3 is 10.6 Å². The molecule has 0 saturated heterocycles. The normalized spacial score (nSPS) is 12.8. The minimum atomic E-state index is -0.454. The summed E-state index contributed by atoms with van der Waals surface area (Å²) >= 11 is 0. The second-order valence-corrected chi connectivity index (χ2v) is 1.86. The highest BCUT2D eigenvalue weighted by atomic mass is 16.7. The predicted octanol–water partition coefficient (Wildman–Crippen LogP) is -0.469. The second-order valence-electron chi connectivity index (χ2n) is 1.86. The van der Waals surface area contributed by atoms with Gasteiger partial charge in [-0.15, -0.1) is 0 Å². The minimum absolute atomic E-state index is 0.124. The first kappa shape index (κ1) is 8.39. The van der Waals surface area contributed by atoms with Crippen LogP contribution in [0.4, 0.5) is 0 Å². The molecule has 0 aliphatic carbocycles. The molecule has 0 saturated carbocycles. The molecule has 0 heterocycles. The molecule has 0 aliphatic heterocycles. The summed E-state index contributed by atoms with van der Waals surface area (Å²) in [5.74, 6) is 4.12. The largest absolute Gasteiger partial charge is 0.373 e. The van der Waals surface area contributed by atoms with Crippen molar-refractivity contribution in [3.8, 4) is 0 Å². The summed E-state index contributed by atoms with van der Waals surface area (Å²) in [7, 11) is 0. The SMILES string of the molecule is CCC(N)CC(=O)ON. The average Bonchev–Trinajstić information content (AvgIpc) is 1.87. The molecule has 0 aromatic rings. The summed E-state index contributed by atoms with van der Waals surface area (Å²) in [4.78, 5) is 14.3. The Balaban J connectivity index is 3.34. The van der Waals surface area contributed by atoms with Gasteiger partial charge in [0.2, 0.25) is 0 Å². The van der Waals surface area contributed by atoms with Gasteiger partial charge in [-0.2, -0.15) is 5.90 Å². The van der Waals surface area contributed by atoms with E-state index in [-0.39, 0.29) is 12.5 Å². The predicted molar refractivity (Wildman–Crippen MR) is 33.2 cm³/mol. The van der Waals surface area contributed by atoms with Crippen molar-refractivity contribution < 1.29 is 9.63 Å². The molecule has 0 radical (unpaired) electrons. The van der Waals surface area contributed by atoms with Crippen molar-refractivity contribution in [1.29, 1.82) is 0 Å². The van der Waals surface area contributed by atoms with Gasteiger partial charge in [-0.05, 0) is 6.42 Å². The number of carbonyl (C=O) groups excluding carboxylic acids is 1. The van der Waals surface area contributed by atoms with E-state index in [0.717, 1.165) is 6.42 Å². The van der Waals surface area contributed by atoms with Gasteiger partial charge in [0, 0.05) is 6.04 Å². The van der Waals surface area contributed by atoms with E-state index >= 15 is 0 Å². The van der Waals surface area contributed by atoms with Crippen molar-refractivity contribution in [2.24, 2.45) is 11.6 Å². The van der Waals surface area contributed by atoms with Crippen LogP contribution < -0.4 is 11.6 Å². The molecule has 1 unspecified atom stereocenters. The molecule has 0 fully saturated rings. The van der Waals surface area contributed by atoms with Gasteiger partial charge >= 0.3 is 5.97 Å². The molecule has 0 amide bonds. The van der Waals surface area contributed by atoms with Gasteiger partial charge in [-0.1, -0.05) is 6.92 Å². The lowest BCUT2D eigenvalue weighted by Crippen LogP contribution is -2.25. The monoisotopic (exact) mass is 132 g/mol. The third-order valence-electron chi connectivity index (χ3n) is 1.08. The third-order valence-corrected chi connectivity index (χ3v) is 1.08. The summed E-state index contributed by atoms with van der Waals surface area (Å²) in [6.45, 7) is 1.90. The Morgan fingerprint density at radius 1 is 1.78 bits per heavy atom. The molecule has 0 aliphatic rings. The molecule has 4 nitrogen and oxygen atoms in total. The molecule has 0 spiro atoms. The second kappa shape index (κ2) is 4.29. The highest BCUT2D eigenvalue weighted by Crippen LogP contribution is 1.93. The van der Waals surface area contributed by atoms with Crippen LogP contribution in [0.3, 0.4) is 0 Å². The molecule has 0 rings (SSSR count). The van der Waals surface area contributed by atoms with E-state index in [9.17, 15) is 4.79 Å². The van der Waals surface area contributed by atoms with Gasteiger partial charge in [0.05, 0.1) is 6.42 Å². The Morgan fingerprint density at radius 2 is 2.33 bits per heavy atom. The van der Waals surface area contributed by atoms with E-state index in [2.05, 4.69) is 10.7 Å². The first-order valence-electron chi connectivity index (χ1n) is 2.85. The zero-order valence-electron chi connectivity index (χ0n) is 5.46. The van der Waals surface area contributed by atoms with E-state index in [4.69, 9.17) is 5.73 Å². The van der Waals surface area contributed by atoms with E-state index in [0.29, 0.717) is 0 Å². The molecule has 4 heteroatoms. The quantitative estimate of drug-likeness (QED) is 0.509. The van der Waals surface area contributed by atoms with Crippen molar-refractivity contribution in [3.63, 3.8) is 0 Å². The molecule has 1 atom stereocenters. The van der Waals surface area contributed by atoms with Crippen molar-refractivity contribution in [3.05, 3.63) is 0 Å². The van der Waals surface area contributed by atoms with Gasteiger partial charge in [0.15, 0.2) is 0 Å². The van der Waals surface area contributed by atoms with Crippen molar-refractivity contribution in [2.75, 3.05) is 0 Å². The highest BCUT2D eigenvalue weighted by Gasteiger charge is 2.06. The Kier molecular flexibility index (Phi) is 4.00. The van der Waals surface area contributed by atoms with Crippen LogP contribution in [-0.4, -0.2) is 12.0 Å². The topological polar surface area (TPSA) is 78.3 Å². The van der Waals surface area contributed by atoms with E-state index in [1.54, 1.807) is 0 Å². The summed E-state index contributed by atoms with van der Waals surface area (Å²) in [5.41, 5.74) is 5.39. The maximum absolute atomic E-state index is 10.4. The zero-order chi connectivity index (χ0) is 7.28. The summed E-state index contributed by atoms with van der Waals surface area (Å²) in [6.07, 6.45) is 0.960. The van der Waals surface area contributed by atoms with E-state index < -0.39 is 5.97 Å². The number of hydrogen-bond donors (Lipinski definition) is 2. The molecule has 9 heavy (non-hydrogen) atoms. The van der Waals surface area contributed by atoms with Gasteiger partial charge in [0.1, 0.15) is 0 Å². The molecular formula is C5H12N2O2. The Hall–Kier alpha value is -0.610. The number of carbonyl (C=O) groups is 1. The van der Waals surface area contributed by atoms with Crippen molar-refractivity contribution >= 4 is 5.97 Å². The fraction of sp³-hybridized carbons (Fsp3) is 0.800. The van der Waals surface area contributed by atoms with Crippen LogP contribution in [0.2, 0.25) is 0 Å². The van der Waals surface area contributed by atoms with Gasteiger partial charge in [0.25, 0.3) is 0 Å². The minimum Gasteiger partial charge on any atom is -0.373 e. The molecular weight excluding hydrogens is 120 g/mol. The molecule has 0 aromatic carbocycles. The summed E-state index contributed by atoms with van der Waals surface area (Å²) in [6, 6.07) is -0.124. The number of nitrogens with two attached hydrogens (primary N) is 2. The van der Waals surface area contributed by atoms with Crippen LogP contribution in [0.1, 0.15) is 19.8 Å². The van der Waals surface area contributed by atoms with Crippen LogP contribution in [0.25, 0.3) is 0 Å². The summed E-state index contributed by atoms with van der Waals surface area (Å²) < 4.78 is 0. The first-order valence-corrected chi connectivity index (χ1v) is 2.85. The fourth-order valence-corrected chi connectivity index (χ4v) is 0.407. The zero-order valence-corrected chi connectivity index (χ0v) is 5.46. The number of rotatable bonds is 3. The maximum atomic E-state index is 10.4. The lowest BCUT2D eigenvalue weighted by Gasteiger charge is -2.03. The van der Waals surface area contributed by atoms with Crippen LogP contribution in [0.5, 0.6) is 0 Å². The molecule has 4 N–H and O–H groups in total. The van der Waals surface area contributed by atoms with Gasteiger partial charge in [-0.3, -0.25) is 4.79 Å². The molecule has 0 aromatic heterocycles.